The molecule has 0 spiro atoms. The number of carboxylic acids is 1. The maximum absolute atomic E-state index is 13.0. The molecule has 32 heavy (non-hydrogen) atoms. The highest BCUT2D eigenvalue weighted by Gasteiger charge is 2.29. The number of nitrogens with one attached hydrogen (secondary N) is 1. The molecule has 1 amide bonds. The maximum Gasteiger partial charge on any atom is 0.322 e. The summed E-state index contributed by atoms with van der Waals surface area (Å²) in [5.41, 5.74) is 1.08. The van der Waals surface area contributed by atoms with Crippen molar-refractivity contribution in [2.45, 2.75) is 19.8 Å². The van der Waals surface area contributed by atoms with Crippen molar-refractivity contribution in [3.8, 4) is 17.0 Å². The predicted molar refractivity (Wildman–Crippen MR) is 112 cm³/mol. The van der Waals surface area contributed by atoms with E-state index in [1.165, 1.54) is 17.0 Å². The molecular formula is C21H17ClN4O6. The van der Waals surface area contributed by atoms with Gasteiger partial charge in [-0.1, -0.05) is 29.8 Å². The van der Waals surface area contributed by atoms with E-state index in [4.69, 9.17) is 21.4 Å². The third-order valence-corrected chi connectivity index (χ3v) is 5.27. The molecule has 0 bridgehead atoms. The second kappa shape index (κ2) is 8.77. The molecule has 164 valence electrons. The Morgan fingerprint density at radius 3 is 2.66 bits per heavy atom. The molecular weight excluding hydrogens is 440 g/mol. The number of aromatic hydroxyl groups is 1. The third-order valence-electron chi connectivity index (χ3n) is 4.94. The van der Waals surface area contributed by atoms with Gasteiger partial charge in [-0.3, -0.25) is 24.4 Å². The molecule has 3 aromatic rings. The third kappa shape index (κ3) is 4.05. The van der Waals surface area contributed by atoms with Crippen molar-refractivity contribution in [2.24, 2.45) is 0 Å². The number of aromatic nitrogens is 3. The van der Waals surface area contributed by atoms with E-state index >= 15 is 0 Å². The zero-order chi connectivity index (χ0) is 22.8. The van der Waals surface area contributed by atoms with Crippen LogP contribution in [0.5, 0.6) is 5.75 Å². The predicted octanol–water partition coefficient (Wildman–Crippen LogP) is 1.56. The number of hydrogen-bond donors (Lipinski definition) is 3. The van der Waals surface area contributed by atoms with Crippen molar-refractivity contribution in [1.29, 1.82) is 0 Å². The second-order valence-corrected chi connectivity index (χ2v) is 7.39. The molecule has 0 unspecified atom stereocenters. The fourth-order valence-corrected chi connectivity index (χ4v) is 3.63. The zero-order valence-electron chi connectivity index (χ0n) is 16.5. The molecule has 10 nitrogen and oxygen atoms in total. The molecule has 1 aliphatic heterocycles. The number of carboxylic acid groups (broad SMARTS) is 1. The van der Waals surface area contributed by atoms with E-state index in [1.807, 2.05) is 12.1 Å². The number of nitrogens with zero attached hydrogens (tertiary/aromatic N) is 3. The van der Waals surface area contributed by atoms with Gasteiger partial charge in [0.1, 0.15) is 17.9 Å². The quantitative estimate of drug-likeness (QED) is 0.507. The molecule has 1 aliphatic rings. The van der Waals surface area contributed by atoms with Gasteiger partial charge in [0.25, 0.3) is 11.5 Å². The highest BCUT2D eigenvalue weighted by atomic mass is 35.5. The fourth-order valence-electron chi connectivity index (χ4n) is 3.40. The van der Waals surface area contributed by atoms with Gasteiger partial charge in [-0.05, 0) is 6.07 Å². The van der Waals surface area contributed by atoms with Crippen LogP contribution >= 0.6 is 11.6 Å². The van der Waals surface area contributed by atoms with Gasteiger partial charge in [0.15, 0.2) is 0 Å². The Kier molecular flexibility index (Phi) is 5.89. The van der Waals surface area contributed by atoms with Gasteiger partial charge in [-0.25, -0.2) is 0 Å². The van der Waals surface area contributed by atoms with E-state index in [0.717, 1.165) is 0 Å². The van der Waals surface area contributed by atoms with Gasteiger partial charge in [0.2, 0.25) is 0 Å². The van der Waals surface area contributed by atoms with Gasteiger partial charge in [-0.15, -0.1) is 0 Å². The summed E-state index contributed by atoms with van der Waals surface area (Å²) in [4.78, 5) is 44.9. The summed E-state index contributed by atoms with van der Waals surface area (Å²) in [7, 11) is 0. The number of fused-ring (bicyclic) bond motifs is 1. The summed E-state index contributed by atoms with van der Waals surface area (Å²) in [5.74, 6) is -2.78. The molecule has 0 radical (unpaired) electrons. The summed E-state index contributed by atoms with van der Waals surface area (Å²) < 4.78 is 6.63. The number of ether oxygens (including phenoxy) is 1. The van der Waals surface area contributed by atoms with Crippen molar-refractivity contribution in [1.82, 2.24) is 19.9 Å². The van der Waals surface area contributed by atoms with Crippen molar-refractivity contribution >= 4 is 23.5 Å². The van der Waals surface area contributed by atoms with Crippen LogP contribution in [0, 0.1) is 0 Å². The number of benzene rings is 1. The van der Waals surface area contributed by atoms with E-state index in [-0.39, 0.29) is 19.8 Å². The minimum Gasteiger partial charge on any atom is -0.506 e. The van der Waals surface area contributed by atoms with Crippen LogP contribution in [0.1, 0.15) is 27.3 Å². The smallest absolute Gasteiger partial charge is 0.322 e. The highest BCUT2D eigenvalue weighted by Crippen LogP contribution is 2.30. The summed E-state index contributed by atoms with van der Waals surface area (Å²) in [6.07, 6.45) is 3.02. The maximum atomic E-state index is 13.0. The molecule has 3 N–H and O–H groups in total. The van der Waals surface area contributed by atoms with Crippen LogP contribution in [-0.2, 0) is 29.3 Å². The van der Waals surface area contributed by atoms with Gasteiger partial charge in [0, 0.05) is 11.1 Å². The number of rotatable bonds is 6. The monoisotopic (exact) mass is 456 g/mol. The second-order valence-electron chi connectivity index (χ2n) is 6.98. The van der Waals surface area contributed by atoms with Gasteiger partial charge in [0.05, 0.1) is 54.3 Å². The number of pyridine rings is 1. The minimum absolute atomic E-state index is 0.0117. The Morgan fingerprint density at radius 2 is 1.97 bits per heavy atom. The van der Waals surface area contributed by atoms with E-state index in [2.05, 4.69) is 15.3 Å². The number of hydrogen-bond acceptors (Lipinski definition) is 7. The van der Waals surface area contributed by atoms with Crippen molar-refractivity contribution in [3.05, 3.63) is 74.6 Å². The standard InChI is InChI=1S/C21H17ClN4O6/c22-14-4-2-1-3-12(14)15-6-23-11(5-24-15)8-26-16-10-32-9-13(16)19(29)18(21(26)31)20(30)25-7-17(27)28/h1-6,29H,7-10H2,(H,25,30)(H,27,28). The number of aliphatic carboxylic acids is 1. The first-order valence-corrected chi connectivity index (χ1v) is 9.85. The molecule has 4 rings (SSSR count). The first kappa shape index (κ1) is 21.5. The molecule has 0 saturated heterocycles. The summed E-state index contributed by atoms with van der Waals surface area (Å²) in [6.45, 7) is -0.641. The SMILES string of the molecule is O=C(O)CNC(=O)c1c(O)c2c(n(Cc3cnc(-c4ccccc4Cl)cn3)c1=O)COC2. The molecule has 0 saturated carbocycles. The van der Waals surface area contributed by atoms with Crippen molar-refractivity contribution < 1.29 is 24.5 Å². The lowest BCUT2D eigenvalue weighted by Crippen LogP contribution is -2.37. The van der Waals surface area contributed by atoms with Gasteiger partial charge in [-0.2, -0.15) is 0 Å². The van der Waals surface area contributed by atoms with E-state index in [1.54, 1.807) is 12.1 Å². The van der Waals surface area contributed by atoms with Gasteiger partial charge < -0.3 is 24.8 Å². The van der Waals surface area contributed by atoms with Crippen molar-refractivity contribution in [3.63, 3.8) is 0 Å². The molecule has 3 heterocycles. The Balaban J connectivity index is 1.70. The molecule has 0 aliphatic carbocycles. The first-order chi connectivity index (χ1) is 15.4. The van der Waals surface area contributed by atoms with Crippen LogP contribution < -0.4 is 10.9 Å². The van der Waals surface area contributed by atoms with E-state index in [0.29, 0.717) is 33.2 Å². The number of carbonyl (C=O) groups is 2. The summed E-state index contributed by atoms with van der Waals surface area (Å²) >= 11 is 6.19. The Hall–Kier alpha value is -3.76. The lowest BCUT2D eigenvalue weighted by atomic mass is 10.1. The largest absolute Gasteiger partial charge is 0.506 e. The molecule has 11 heteroatoms. The number of amides is 1. The van der Waals surface area contributed by atoms with Crippen LogP contribution in [0.3, 0.4) is 0 Å². The minimum atomic E-state index is -1.28. The lowest BCUT2D eigenvalue weighted by molar-refractivity contribution is -0.135. The zero-order valence-corrected chi connectivity index (χ0v) is 17.3. The Bertz CT molecular complexity index is 1270. The Morgan fingerprint density at radius 1 is 1.19 bits per heavy atom. The molecule has 1 aromatic carbocycles. The molecule has 2 aromatic heterocycles. The van der Waals surface area contributed by atoms with Crippen LogP contribution in [-0.4, -0.2) is 43.2 Å². The van der Waals surface area contributed by atoms with Crippen LogP contribution in [0.15, 0.2) is 41.5 Å². The first-order valence-electron chi connectivity index (χ1n) is 9.48. The number of halogens is 1. The molecule has 0 atom stereocenters. The highest BCUT2D eigenvalue weighted by molar-refractivity contribution is 6.33. The summed E-state index contributed by atoms with van der Waals surface area (Å²) in [5, 5.41) is 21.9. The van der Waals surface area contributed by atoms with Crippen LogP contribution in [0.2, 0.25) is 5.02 Å². The van der Waals surface area contributed by atoms with Crippen LogP contribution in [0.25, 0.3) is 11.3 Å². The van der Waals surface area contributed by atoms with E-state index in [9.17, 15) is 19.5 Å². The topological polar surface area (TPSA) is 144 Å². The van der Waals surface area contributed by atoms with E-state index < -0.39 is 35.3 Å². The van der Waals surface area contributed by atoms with Crippen molar-refractivity contribution in [2.75, 3.05) is 6.54 Å². The van der Waals surface area contributed by atoms with Gasteiger partial charge >= 0.3 is 5.97 Å². The number of carbonyl (C=O) groups excluding carboxylic acids is 1. The average Bonchev–Trinajstić information content (AvgIpc) is 3.26. The fraction of sp³-hybridized carbons (Fsp3) is 0.190. The molecule has 0 fully saturated rings. The average molecular weight is 457 g/mol. The Labute approximate surface area is 186 Å². The van der Waals surface area contributed by atoms with Crippen LogP contribution in [0.4, 0.5) is 0 Å². The summed E-state index contributed by atoms with van der Waals surface area (Å²) in [6, 6.07) is 7.18. The normalized spacial score (nSPS) is 12.4. The lowest BCUT2D eigenvalue weighted by Gasteiger charge is -2.15.